The van der Waals surface area contributed by atoms with Crippen LogP contribution in [0.1, 0.15) is 24.4 Å². The number of nitrogens with zero attached hydrogens (tertiary/aromatic N) is 1. The van der Waals surface area contributed by atoms with Crippen LogP contribution < -0.4 is 20.3 Å². The molecule has 0 radical (unpaired) electrons. The van der Waals surface area contributed by atoms with Crippen LogP contribution in [0.3, 0.4) is 0 Å². The van der Waals surface area contributed by atoms with Crippen LogP contribution in [-0.2, 0) is 6.54 Å². The van der Waals surface area contributed by atoms with Gasteiger partial charge >= 0.3 is 0 Å². The number of aromatic amines is 1. The van der Waals surface area contributed by atoms with Crippen molar-refractivity contribution in [2.24, 2.45) is 0 Å². The second-order valence-electron chi connectivity index (χ2n) is 6.30. The number of rotatable bonds is 4. The van der Waals surface area contributed by atoms with Crippen molar-refractivity contribution in [3.63, 3.8) is 0 Å². The number of benzene rings is 2. The van der Waals surface area contributed by atoms with Crippen molar-refractivity contribution in [2.45, 2.75) is 19.5 Å². The predicted molar refractivity (Wildman–Crippen MR) is 110 cm³/mol. The molecule has 0 bridgehead atoms. The van der Waals surface area contributed by atoms with Crippen molar-refractivity contribution < 1.29 is 9.47 Å². The summed E-state index contributed by atoms with van der Waals surface area (Å²) < 4.78 is 12.8. The molecule has 8 heteroatoms. The molecule has 4 rings (SSSR count). The largest absolute Gasteiger partial charge is 0.486 e. The van der Waals surface area contributed by atoms with E-state index in [1.165, 1.54) is 0 Å². The van der Waals surface area contributed by atoms with Gasteiger partial charge in [0.15, 0.2) is 11.5 Å². The molecule has 1 aromatic heterocycles. The van der Waals surface area contributed by atoms with Gasteiger partial charge in [-0.25, -0.2) is 4.98 Å². The molecule has 2 heterocycles. The molecule has 140 valence electrons. The molecule has 0 fully saturated rings. The Morgan fingerprint density at radius 2 is 1.96 bits per heavy atom. The quantitative estimate of drug-likeness (QED) is 0.571. The first-order valence-electron chi connectivity index (χ1n) is 8.52. The molecule has 0 unspecified atom stereocenters. The maximum atomic E-state index is 12.4. The number of hydrogen-bond donors (Lipinski definition) is 2. The van der Waals surface area contributed by atoms with Crippen molar-refractivity contribution in [3.05, 3.63) is 61.0 Å². The Hall–Kier alpha value is -1.90. The summed E-state index contributed by atoms with van der Waals surface area (Å²) in [4.78, 5) is 19.8. The second-order valence-corrected chi connectivity index (χ2v) is 8.07. The van der Waals surface area contributed by atoms with Crippen LogP contribution in [0.2, 0.25) is 0 Å². The number of hydrogen-bond acceptors (Lipinski definition) is 5. The summed E-state index contributed by atoms with van der Waals surface area (Å²) in [6, 6.07) is 9.61. The molecule has 0 amide bonds. The highest BCUT2D eigenvalue weighted by Crippen LogP contribution is 2.32. The van der Waals surface area contributed by atoms with Crippen LogP contribution in [0.25, 0.3) is 10.9 Å². The predicted octanol–water partition coefficient (Wildman–Crippen LogP) is 4.07. The number of halogens is 2. The molecule has 1 aliphatic rings. The first-order chi connectivity index (χ1) is 13.0. The molecule has 27 heavy (non-hydrogen) atoms. The van der Waals surface area contributed by atoms with E-state index >= 15 is 0 Å². The third-order valence-corrected chi connectivity index (χ3v) is 5.48. The summed E-state index contributed by atoms with van der Waals surface area (Å²) in [6.45, 7) is 3.62. The van der Waals surface area contributed by atoms with Crippen LogP contribution >= 0.6 is 31.9 Å². The van der Waals surface area contributed by atoms with Crippen molar-refractivity contribution in [1.29, 1.82) is 0 Å². The highest BCUT2D eigenvalue weighted by Gasteiger charge is 2.15. The van der Waals surface area contributed by atoms with E-state index < -0.39 is 0 Å². The number of ether oxygens (including phenoxy) is 2. The molecule has 1 atom stereocenters. The van der Waals surface area contributed by atoms with Crippen molar-refractivity contribution in [2.75, 3.05) is 13.2 Å². The van der Waals surface area contributed by atoms with Gasteiger partial charge < -0.3 is 19.8 Å². The van der Waals surface area contributed by atoms with Crippen molar-refractivity contribution in [3.8, 4) is 11.5 Å². The van der Waals surface area contributed by atoms with Crippen molar-refractivity contribution >= 4 is 42.8 Å². The van der Waals surface area contributed by atoms with Gasteiger partial charge in [0.05, 0.1) is 17.4 Å². The summed E-state index contributed by atoms with van der Waals surface area (Å²) in [5.74, 6) is 2.12. The monoisotopic (exact) mass is 493 g/mol. The van der Waals surface area contributed by atoms with Gasteiger partial charge in [-0.1, -0.05) is 22.0 Å². The highest BCUT2D eigenvalue weighted by atomic mass is 79.9. The summed E-state index contributed by atoms with van der Waals surface area (Å²) >= 11 is 6.87. The first-order valence-corrected chi connectivity index (χ1v) is 10.1. The van der Waals surface area contributed by atoms with E-state index in [0.717, 1.165) is 26.0 Å². The number of fused-ring (bicyclic) bond motifs is 2. The lowest BCUT2D eigenvalue weighted by atomic mass is 10.1. The second kappa shape index (κ2) is 7.61. The lowest BCUT2D eigenvalue weighted by Gasteiger charge is -2.21. The molecular formula is C19H17Br2N3O3. The van der Waals surface area contributed by atoms with Gasteiger partial charge in [-0.2, -0.15) is 0 Å². The molecule has 2 N–H and O–H groups in total. The molecule has 0 saturated heterocycles. The third-order valence-electron chi connectivity index (χ3n) is 4.42. The fourth-order valence-corrected chi connectivity index (χ4v) is 4.31. The molecule has 1 aliphatic heterocycles. The maximum absolute atomic E-state index is 12.4. The van der Waals surface area contributed by atoms with Crippen LogP contribution in [0.5, 0.6) is 11.5 Å². The highest BCUT2D eigenvalue weighted by molar-refractivity contribution is 9.11. The molecular weight excluding hydrogens is 478 g/mol. The van der Waals surface area contributed by atoms with Gasteiger partial charge in [0.1, 0.15) is 19.0 Å². The Kier molecular flexibility index (Phi) is 5.21. The molecule has 2 aromatic carbocycles. The van der Waals surface area contributed by atoms with Gasteiger partial charge in [-0.05, 0) is 52.7 Å². The van der Waals surface area contributed by atoms with E-state index in [0.29, 0.717) is 36.5 Å². The topological polar surface area (TPSA) is 76.2 Å². The van der Waals surface area contributed by atoms with E-state index in [2.05, 4.69) is 54.1 Å². The summed E-state index contributed by atoms with van der Waals surface area (Å²) in [6.07, 6.45) is 0. The van der Waals surface area contributed by atoms with Gasteiger partial charge in [0.25, 0.3) is 5.56 Å². The summed E-state index contributed by atoms with van der Waals surface area (Å²) in [5, 5.41) is 3.93. The Morgan fingerprint density at radius 3 is 2.78 bits per heavy atom. The smallest absolute Gasteiger partial charge is 0.258 e. The standard InChI is InChI=1S/C19H17Br2N3O3/c1-10(11-2-3-15-16(6-11)27-5-4-26-15)22-9-17-23-18-13(19(25)24-17)7-12(20)8-14(18)21/h2-3,6-8,10,22H,4-5,9H2,1H3,(H,23,24,25)/t10-/m0/s1. The van der Waals surface area contributed by atoms with E-state index in [4.69, 9.17) is 9.47 Å². The maximum Gasteiger partial charge on any atom is 0.258 e. The number of H-pyrrole nitrogens is 1. The number of nitrogens with one attached hydrogen (secondary N) is 2. The Morgan fingerprint density at radius 1 is 1.19 bits per heavy atom. The molecule has 0 aliphatic carbocycles. The zero-order valence-electron chi connectivity index (χ0n) is 14.5. The van der Waals surface area contributed by atoms with Crippen LogP contribution in [-0.4, -0.2) is 23.2 Å². The minimum Gasteiger partial charge on any atom is -0.486 e. The fourth-order valence-electron chi connectivity index (χ4n) is 2.99. The van der Waals surface area contributed by atoms with Crippen LogP contribution in [0, 0.1) is 0 Å². The van der Waals surface area contributed by atoms with Crippen LogP contribution in [0.15, 0.2) is 44.1 Å². The van der Waals surface area contributed by atoms with Crippen molar-refractivity contribution in [1.82, 2.24) is 15.3 Å². The van der Waals surface area contributed by atoms with E-state index in [-0.39, 0.29) is 11.6 Å². The fraction of sp³-hybridized carbons (Fsp3) is 0.263. The Balaban J connectivity index is 1.54. The molecule has 0 saturated carbocycles. The zero-order chi connectivity index (χ0) is 19.0. The SMILES string of the molecule is C[C@H](NCc1nc2c(Br)cc(Br)cc2c(=O)[nH]1)c1ccc2c(c1)OCCO2. The minimum atomic E-state index is -0.161. The average molecular weight is 495 g/mol. The molecule has 0 spiro atoms. The lowest BCUT2D eigenvalue weighted by Crippen LogP contribution is -2.23. The van der Waals surface area contributed by atoms with E-state index in [1.54, 1.807) is 6.07 Å². The Bertz CT molecular complexity index is 1070. The minimum absolute atomic E-state index is 0.0511. The van der Waals surface area contributed by atoms with E-state index in [9.17, 15) is 4.79 Å². The van der Waals surface area contributed by atoms with E-state index in [1.807, 2.05) is 24.3 Å². The van der Waals surface area contributed by atoms with Crippen LogP contribution in [0.4, 0.5) is 0 Å². The molecule has 3 aromatic rings. The van der Waals surface area contributed by atoms with Gasteiger partial charge in [-0.3, -0.25) is 4.79 Å². The summed E-state index contributed by atoms with van der Waals surface area (Å²) in [5.41, 5.74) is 1.56. The Labute approximate surface area is 172 Å². The van der Waals surface area contributed by atoms with Gasteiger partial charge in [-0.15, -0.1) is 0 Å². The zero-order valence-corrected chi connectivity index (χ0v) is 17.7. The number of aromatic nitrogens is 2. The summed E-state index contributed by atoms with van der Waals surface area (Å²) in [7, 11) is 0. The van der Waals surface area contributed by atoms with Gasteiger partial charge in [0.2, 0.25) is 0 Å². The third kappa shape index (κ3) is 3.88. The van der Waals surface area contributed by atoms with Gasteiger partial charge in [0, 0.05) is 15.0 Å². The average Bonchev–Trinajstić information content (AvgIpc) is 2.66. The normalized spacial score (nSPS) is 14.3. The first kappa shape index (κ1) is 18.5. The molecule has 6 nitrogen and oxygen atoms in total. The lowest BCUT2D eigenvalue weighted by molar-refractivity contribution is 0.171.